The molecule has 0 aromatic carbocycles. The molecule has 0 radical (unpaired) electrons. The molecule has 1 atom stereocenters. The number of hydrogen-bond donors (Lipinski definition) is 0. The third-order valence-corrected chi connectivity index (χ3v) is 14.2. The molecule has 0 amide bonds. The maximum absolute atomic E-state index is 5.92. The van der Waals surface area contributed by atoms with E-state index in [1.165, 1.54) is 0 Å². The standard InChI is InChI=1S/C16H38O6S2Si2/c1-8-17-25(18-9-2,19-10-3)15-14-23-16(7)24-26(20-11-4,21-12-5)22-13-6/h16H,8-15H2,1-7H3. The van der Waals surface area contributed by atoms with Crippen LogP contribution in [0.1, 0.15) is 48.5 Å². The van der Waals surface area contributed by atoms with Gasteiger partial charge in [-0.3, -0.25) is 0 Å². The van der Waals surface area contributed by atoms with Gasteiger partial charge < -0.3 is 26.6 Å². The topological polar surface area (TPSA) is 55.4 Å². The predicted octanol–water partition coefficient (Wildman–Crippen LogP) is 4.39. The predicted molar refractivity (Wildman–Crippen MR) is 116 cm³/mol. The summed E-state index contributed by atoms with van der Waals surface area (Å²) in [6, 6.07) is 0.796. The van der Waals surface area contributed by atoms with Crippen LogP contribution in [0.15, 0.2) is 0 Å². The van der Waals surface area contributed by atoms with Crippen molar-refractivity contribution < 1.29 is 26.6 Å². The largest absolute Gasteiger partial charge is 0.574 e. The molecule has 0 rings (SSSR count). The lowest BCUT2D eigenvalue weighted by Crippen LogP contribution is -2.46. The number of thioether (sulfide) groups is 1. The molecule has 0 fully saturated rings. The Hall–Kier alpha value is 0.894. The van der Waals surface area contributed by atoms with Crippen molar-refractivity contribution in [1.82, 2.24) is 0 Å². The van der Waals surface area contributed by atoms with Gasteiger partial charge in [0.25, 0.3) is 0 Å². The Labute approximate surface area is 170 Å². The smallest absolute Gasteiger partial charge is 0.374 e. The van der Waals surface area contributed by atoms with Crippen molar-refractivity contribution in [1.29, 1.82) is 0 Å². The molecule has 6 nitrogen and oxygen atoms in total. The fourth-order valence-corrected chi connectivity index (χ4v) is 13.2. The molecule has 0 spiro atoms. The molecule has 0 bridgehead atoms. The van der Waals surface area contributed by atoms with Crippen LogP contribution in [-0.4, -0.2) is 66.7 Å². The van der Waals surface area contributed by atoms with Gasteiger partial charge in [-0.1, -0.05) is 11.2 Å². The van der Waals surface area contributed by atoms with E-state index in [-0.39, 0.29) is 4.58 Å². The number of hydrogen-bond acceptors (Lipinski definition) is 8. The number of rotatable bonds is 18. The zero-order valence-electron chi connectivity index (χ0n) is 17.5. The summed E-state index contributed by atoms with van der Waals surface area (Å²) in [5.41, 5.74) is 0. The summed E-state index contributed by atoms with van der Waals surface area (Å²) in [7, 11) is -5.27. The van der Waals surface area contributed by atoms with Gasteiger partial charge in [0, 0.05) is 50.3 Å². The van der Waals surface area contributed by atoms with E-state index in [0.717, 1.165) is 11.8 Å². The van der Waals surface area contributed by atoms with Crippen molar-refractivity contribution in [2.75, 3.05) is 45.4 Å². The Bertz CT molecular complexity index is 308. The molecule has 0 aliphatic heterocycles. The second-order valence-corrected chi connectivity index (χ2v) is 14.6. The van der Waals surface area contributed by atoms with Crippen molar-refractivity contribution >= 4 is 39.7 Å². The average molecular weight is 447 g/mol. The Balaban J connectivity index is 4.73. The van der Waals surface area contributed by atoms with Gasteiger partial charge in [0.15, 0.2) is 0 Å². The lowest BCUT2D eigenvalue weighted by atomic mass is 10.9. The van der Waals surface area contributed by atoms with Crippen LogP contribution in [0.3, 0.4) is 0 Å². The summed E-state index contributed by atoms with van der Waals surface area (Å²) >= 11 is 3.52. The van der Waals surface area contributed by atoms with E-state index in [1.54, 1.807) is 11.2 Å². The minimum absolute atomic E-state index is 0.280. The molecule has 0 saturated carbocycles. The summed E-state index contributed by atoms with van der Waals surface area (Å²) in [5.74, 6) is 0.898. The van der Waals surface area contributed by atoms with E-state index in [1.807, 2.05) is 53.3 Å². The maximum Gasteiger partial charge on any atom is 0.574 e. The van der Waals surface area contributed by atoms with Crippen LogP contribution in [0.2, 0.25) is 6.04 Å². The monoisotopic (exact) mass is 446 g/mol. The van der Waals surface area contributed by atoms with Gasteiger partial charge in [-0.05, 0) is 54.2 Å². The van der Waals surface area contributed by atoms with Gasteiger partial charge in [-0.25, -0.2) is 0 Å². The minimum Gasteiger partial charge on any atom is -0.374 e. The SMILES string of the molecule is CCO[Si](CCSC(C)S[Si](OCC)(OCC)OCC)(OCC)OCC. The molecule has 0 aromatic heterocycles. The average Bonchev–Trinajstić information content (AvgIpc) is 2.56. The summed E-state index contributed by atoms with van der Waals surface area (Å²) in [4.78, 5) is 0. The Morgan fingerprint density at radius 3 is 1.38 bits per heavy atom. The molecule has 158 valence electrons. The highest BCUT2D eigenvalue weighted by Crippen LogP contribution is 2.35. The second kappa shape index (κ2) is 15.8. The van der Waals surface area contributed by atoms with Crippen molar-refractivity contribution in [3.63, 3.8) is 0 Å². The van der Waals surface area contributed by atoms with Gasteiger partial charge in [-0.15, -0.1) is 11.8 Å². The molecular formula is C16H38O6S2Si2. The van der Waals surface area contributed by atoms with Gasteiger partial charge in [-0.2, -0.15) is 0 Å². The zero-order valence-corrected chi connectivity index (χ0v) is 21.1. The molecule has 1 unspecified atom stereocenters. The molecule has 0 aliphatic rings. The van der Waals surface area contributed by atoms with Crippen molar-refractivity contribution in [2.45, 2.75) is 59.1 Å². The molecule has 0 saturated heterocycles. The van der Waals surface area contributed by atoms with Crippen LogP contribution in [0, 0.1) is 0 Å². The normalized spacial score (nSPS) is 14.0. The highest BCUT2D eigenvalue weighted by molar-refractivity contribution is 8.33. The Morgan fingerprint density at radius 1 is 0.654 bits per heavy atom. The lowest BCUT2D eigenvalue weighted by molar-refractivity contribution is 0.0728. The molecule has 0 aliphatic carbocycles. The molecular weight excluding hydrogens is 408 g/mol. The van der Waals surface area contributed by atoms with Gasteiger partial charge in [0.05, 0.1) is 0 Å². The van der Waals surface area contributed by atoms with Gasteiger partial charge in [0.2, 0.25) is 0 Å². The van der Waals surface area contributed by atoms with Crippen LogP contribution < -0.4 is 0 Å². The summed E-state index contributed by atoms with van der Waals surface area (Å²) < 4.78 is 35.8. The molecule has 26 heavy (non-hydrogen) atoms. The zero-order chi connectivity index (χ0) is 19.9. The first-order valence-electron chi connectivity index (χ1n) is 9.59. The highest BCUT2D eigenvalue weighted by atomic mass is 32.4. The highest BCUT2D eigenvalue weighted by Gasteiger charge is 2.44. The minimum atomic E-state index is -2.69. The summed E-state index contributed by atoms with van der Waals surface area (Å²) in [6.07, 6.45) is 0. The first kappa shape index (κ1) is 26.9. The van der Waals surface area contributed by atoms with Crippen LogP contribution in [0.5, 0.6) is 0 Å². The van der Waals surface area contributed by atoms with Crippen molar-refractivity contribution in [2.24, 2.45) is 0 Å². The quantitative estimate of drug-likeness (QED) is 0.227. The van der Waals surface area contributed by atoms with Crippen LogP contribution in [0.25, 0.3) is 0 Å². The lowest BCUT2D eigenvalue weighted by Gasteiger charge is -2.30. The molecule has 10 heteroatoms. The third kappa shape index (κ3) is 10.4. The van der Waals surface area contributed by atoms with Crippen LogP contribution in [-0.2, 0) is 26.6 Å². The van der Waals surface area contributed by atoms with Gasteiger partial charge >= 0.3 is 16.8 Å². The van der Waals surface area contributed by atoms with Crippen molar-refractivity contribution in [3.05, 3.63) is 0 Å². The second-order valence-electron chi connectivity index (χ2n) is 5.09. The van der Waals surface area contributed by atoms with E-state index in [9.17, 15) is 0 Å². The van der Waals surface area contributed by atoms with Crippen LogP contribution in [0.4, 0.5) is 0 Å². The van der Waals surface area contributed by atoms with Crippen LogP contribution >= 0.6 is 23.0 Å². The Kier molecular flexibility index (Phi) is 16.3. The first-order chi connectivity index (χ1) is 12.5. The molecule has 0 N–H and O–H groups in total. The molecule has 0 heterocycles. The summed E-state index contributed by atoms with van der Waals surface area (Å²) in [5, 5.41) is 0. The maximum atomic E-state index is 5.92. The third-order valence-electron chi connectivity index (χ3n) is 3.13. The molecule has 0 aromatic rings. The Morgan fingerprint density at radius 2 is 1.04 bits per heavy atom. The van der Waals surface area contributed by atoms with E-state index in [0.29, 0.717) is 39.6 Å². The van der Waals surface area contributed by atoms with E-state index in [4.69, 9.17) is 26.6 Å². The summed E-state index contributed by atoms with van der Waals surface area (Å²) in [6.45, 7) is 17.6. The van der Waals surface area contributed by atoms with E-state index in [2.05, 4.69) is 6.92 Å². The van der Waals surface area contributed by atoms with Gasteiger partial charge in [0.1, 0.15) is 0 Å². The van der Waals surface area contributed by atoms with Crippen molar-refractivity contribution in [3.8, 4) is 0 Å². The van der Waals surface area contributed by atoms with E-state index < -0.39 is 16.8 Å². The van der Waals surface area contributed by atoms with E-state index >= 15 is 0 Å². The fraction of sp³-hybridized carbons (Fsp3) is 1.00. The first-order valence-corrected chi connectivity index (χ1v) is 15.9. The fourth-order valence-electron chi connectivity index (χ4n) is 2.35.